The van der Waals surface area contributed by atoms with Crippen LogP contribution in [0.2, 0.25) is 0 Å². The molecule has 0 saturated carbocycles. The summed E-state index contributed by atoms with van der Waals surface area (Å²) in [5, 5.41) is 8.77. The molecule has 3 N–H and O–H groups in total. The van der Waals surface area contributed by atoms with E-state index in [1.165, 1.54) is 4.90 Å². The van der Waals surface area contributed by atoms with Crippen LogP contribution in [0.5, 0.6) is 0 Å². The molecule has 3 aromatic rings. The lowest BCUT2D eigenvalue weighted by Crippen LogP contribution is -2.60. The quantitative estimate of drug-likeness (QED) is 0.0716. The molecule has 1 unspecified atom stereocenters. The van der Waals surface area contributed by atoms with E-state index in [9.17, 15) is 28.8 Å². The molecule has 5 rings (SSSR count). The number of Topliss-reactive ketones (excluding diaryl/α,β-unsaturated/α-hetero) is 1. The molecule has 0 bridgehead atoms. The first kappa shape index (κ1) is 47.6. The number of hydrogen-bond donors (Lipinski definition) is 3. The van der Waals surface area contributed by atoms with Crippen molar-refractivity contribution in [3.63, 3.8) is 0 Å². The van der Waals surface area contributed by atoms with Gasteiger partial charge < -0.3 is 30.2 Å². The van der Waals surface area contributed by atoms with Gasteiger partial charge in [0.1, 0.15) is 23.7 Å². The average molecular weight is 854 g/mol. The summed E-state index contributed by atoms with van der Waals surface area (Å²) in [5.74, 6) is -3.06. The van der Waals surface area contributed by atoms with E-state index in [0.29, 0.717) is 39.1 Å². The van der Waals surface area contributed by atoms with Crippen molar-refractivity contribution in [1.29, 1.82) is 0 Å². The van der Waals surface area contributed by atoms with E-state index < -0.39 is 66.1 Å². The first-order valence-electron chi connectivity index (χ1n) is 21.7. The second-order valence-corrected chi connectivity index (χ2v) is 17.2. The molecule has 0 aromatic heterocycles. The number of carbonyl (C=O) groups is 6. The molecule has 334 valence electrons. The summed E-state index contributed by atoms with van der Waals surface area (Å²) in [7, 11) is 0. The summed E-state index contributed by atoms with van der Waals surface area (Å²) in [6, 6.07) is 22.9. The number of esters is 1. The fraction of sp³-hybridized carbons (Fsp3) is 0.500. The molecule has 2 heterocycles. The van der Waals surface area contributed by atoms with Gasteiger partial charge in [0.25, 0.3) is 0 Å². The van der Waals surface area contributed by atoms with Crippen LogP contribution in [0.4, 0.5) is 0 Å². The minimum absolute atomic E-state index is 0.0425. The lowest BCUT2D eigenvalue weighted by atomic mass is 9.93. The van der Waals surface area contributed by atoms with Crippen molar-refractivity contribution in [1.82, 2.24) is 25.8 Å². The normalized spacial score (nSPS) is 18.2. The second-order valence-electron chi connectivity index (χ2n) is 17.2. The number of ether oxygens (including phenoxy) is 3. The van der Waals surface area contributed by atoms with Crippen molar-refractivity contribution in [2.75, 3.05) is 46.2 Å². The number of carbonyl (C=O) groups excluding carboxylic acids is 6. The SMILES string of the molecule is CC(C)CC(NC(=O)[C@H](CCc1ccccc1)N(COC(=O)c1ccccc1)C(=O)CN1CCOCC1)C(=O)N[C@@H](Cc1ccccc1)C(=O)N[C@@H](CC(C)C)C(=O)[C@@]1(C)CO1. The van der Waals surface area contributed by atoms with Gasteiger partial charge in [0.15, 0.2) is 12.5 Å². The van der Waals surface area contributed by atoms with Crippen LogP contribution in [-0.4, -0.2) is 121 Å². The first-order chi connectivity index (χ1) is 29.7. The molecule has 0 aliphatic carbocycles. The van der Waals surface area contributed by atoms with Crippen molar-refractivity contribution < 1.29 is 43.0 Å². The molecular formula is C48H63N5O9. The summed E-state index contributed by atoms with van der Waals surface area (Å²) in [5.41, 5.74) is 1.03. The lowest BCUT2D eigenvalue weighted by molar-refractivity contribution is -0.147. The maximum atomic E-state index is 14.8. The number of nitrogens with zero attached hydrogens (tertiary/aromatic N) is 2. The average Bonchev–Trinajstić information content (AvgIpc) is 4.02. The highest BCUT2D eigenvalue weighted by atomic mass is 16.6. The summed E-state index contributed by atoms with van der Waals surface area (Å²) in [4.78, 5) is 87.6. The van der Waals surface area contributed by atoms with E-state index in [4.69, 9.17) is 14.2 Å². The Morgan fingerprint density at radius 1 is 0.710 bits per heavy atom. The smallest absolute Gasteiger partial charge is 0.339 e. The fourth-order valence-electron chi connectivity index (χ4n) is 7.44. The summed E-state index contributed by atoms with van der Waals surface area (Å²) < 4.78 is 16.7. The van der Waals surface area contributed by atoms with E-state index in [0.717, 1.165) is 11.1 Å². The molecule has 5 atom stereocenters. The van der Waals surface area contributed by atoms with Gasteiger partial charge in [0.05, 0.1) is 38.0 Å². The number of aryl methyl sites for hydroxylation is 1. The molecular weight excluding hydrogens is 791 g/mol. The topological polar surface area (TPSA) is 176 Å². The summed E-state index contributed by atoms with van der Waals surface area (Å²) in [6.07, 6.45) is 1.25. The van der Waals surface area contributed by atoms with Crippen molar-refractivity contribution in [2.45, 2.75) is 96.5 Å². The second kappa shape index (κ2) is 23.1. The maximum Gasteiger partial charge on any atom is 0.339 e. The van der Waals surface area contributed by atoms with Gasteiger partial charge in [-0.25, -0.2) is 4.79 Å². The van der Waals surface area contributed by atoms with Crippen LogP contribution in [0.15, 0.2) is 91.0 Å². The monoisotopic (exact) mass is 853 g/mol. The van der Waals surface area contributed by atoms with Crippen LogP contribution < -0.4 is 16.0 Å². The number of benzene rings is 3. The third-order valence-electron chi connectivity index (χ3n) is 11.0. The van der Waals surface area contributed by atoms with Crippen LogP contribution in [0.25, 0.3) is 0 Å². The number of amides is 4. The molecule has 4 amide bonds. The zero-order chi connectivity index (χ0) is 44.6. The number of ketones is 1. The molecule has 3 aromatic carbocycles. The van der Waals surface area contributed by atoms with Gasteiger partial charge in [-0.1, -0.05) is 107 Å². The molecule has 2 aliphatic rings. The highest BCUT2D eigenvalue weighted by Gasteiger charge is 2.50. The van der Waals surface area contributed by atoms with Crippen LogP contribution in [0.3, 0.4) is 0 Å². The largest absolute Gasteiger partial charge is 0.441 e. The van der Waals surface area contributed by atoms with Crippen LogP contribution in [0, 0.1) is 11.8 Å². The van der Waals surface area contributed by atoms with Gasteiger partial charge in [-0.15, -0.1) is 0 Å². The molecule has 14 nitrogen and oxygen atoms in total. The van der Waals surface area contributed by atoms with E-state index in [1.54, 1.807) is 37.3 Å². The Balaban J connectivity index is 1.42. The van der Waals surface area contributed by atoms with Crippen molar-refractivity contribution >= 4 is 35.4 Å². The van der Waals surface area contributed by atoms with Crippen molar-refractivity contribution in [3.8, 4) is 0 Å². The molecule has 0 radical (unpaired) electrons. The molecule has 2 aliphatic heterocycles. The predicted octanol–water partition coefficient (Wildman–Crippen LogP) is 4.11. The third kappa shape index (κ3) is 14.6. The van der Waals surface area contributed by atoms with Gasteiger partial charge in [-0.2, -0.15) is 0 Å². The van der Waals surface area contributed by atoms with Crippen LogP contribution in [0.1, 0.15) is 75.4 Å². The number of nitrogens with one attached hydrogen (secondary N) is 3. The highest BCUT2D eigenvalue weighted by molar-refractivity contribution is 5.99. The Hall–Kier alpha value is -5.44. The Kier molecular flexibility index (Phi) is 17.8. The zero-order valence-electron chi connectivity index (χ0n) is 36.7. The molecule has 14 heteroatoms. The van der Waals surface area contributed by atoms with Crippen molar-refractivity contribution in [3.05, 3.63) is 108 Å². The minimum Gasteiger partial charge on any atom is -0.441 e. The molecule has 2 saturated heterocycles. The fourth-order valence-corrected chi connectivity index (χ4v) is 7.44. The summed E-state index contributed by atoms with van der Waals surface area (Å²) >= 11 is 0. The van der Waals surface area contributed by atoms with Crippen LogP contribution >= 0.6 is 0 Å². The van der Waals surface area contributed by atoms with E-state index in [2.05, 4.69) is 16.0 Å². The summed E-state index contributed by atoms with van der Waals surface area (Å²) in [6.45, 7) is 11.1. The Morgan fingerprint density at radius 3 is 1.81 bits per heavy atom. The molecule has 0 spiro atoms. The Morgan fingerprint density at radius 2 is 1.23 bits per heavy atom. The third-order valence-corrected chi connectivity index (χ3v) is 11.0. The number of rotatable bonds is 23. The number of hydrogen-bond acceptors (Lipinski definition) is 10. The first-order valence-corrected chi connectivity index (χ1v) is 21.7. The molecule has 62 heavy (non-hydrogen) atoms. The minimum atomic E-state index is -1.16. The Bertz CT molecular complexity index is 1940. The van der Waals surface area contributed by atoms with Crippen LogP contribution in [-0.2, 0) is 51.0 Å². The van der Waals surface area contributed by atoms with Gasteiger partial charge in [-0.3, -0.25) is 33.8 Å². The van der Waals surface area contributed by atoms with Gasteiger partial charge in [0, 0.05) is 19.5 Å². The van der Waals surface area contributed by atoms with E-state index in [-0.39, 0.29) is 55.6 Å². The maximum absolute atomic E-state index is 14.8. The van der Waals surface area contributed by atoms with Crippen molar-refractivity contribution in [2.24, 2.45) is 11.8 Å². The predicted molar refractivity (Wildman–Crippen MR) is 234 cm³/mol. The van der Waals surface area contributed by atoms with Gasteiger partial charge in [0.2, 0.25) is 23.6 Å². The Labute approximate surface area is 365 Å². The highest BCUT2D eigenvalue weighted by Crippen LogP contribution is 2.30. The van der Waals surface area contributed by atoms with Gasteiger partial charge in [-0.05, 0) is 67.7 Å². The lowest BCUT2D eigenvalue weighted by Gasteiger charge is -2.34. The van der Waals surface area contributed by atoms with Gasteiger partial charge >= 0.3 is 5.97 Å². The van der Waals surface area contributed by atoms with E-state index in [1.807, 2.05) is 93.3 Å². The molecule has 2 fully saturated rings. The van der Waals surface area contributed by atoms with E-state index >= 15 is 0 Å². The zero-order valence-corrected chi connectivity index (χ0v) is 36.7. The standard InChI is InChI=1S/C48H63N5O9/c1-33(2)27-38(43(55)48(5)31-62-48)49-45(57)40(29-36-17-11-7-12-18-36)50-44(56)39(28-34(3)4)51-46(58)41(22-21-35-15-9-6-10-16-35)53(42(54)30-52-23-25-60-26-24-52)32-61-47(59)37-19-13-8-14-20-37/h6-20,33-34,38-41H,21-32H2,1-5H3,(H,49,57)(H,50,56)(H,51,58)/t38-,39?,40-,41-,48+/m0/s1. The number of epoxide rings is 1. The number of morpholine rings is 1.